The van der Waals surface area contributed by atoms with Gasteiger partial charge in [0.25, 0.3) is 0 Å². The van der Waals surface area contributed by atoms with Crippen LogP contribution in [0.3, 0.4) is 0 Å². The second kappa shape index (κ2) is 8.20. The minimum absolute atomic E-state index is 0.0483. The van der Waals surface area contributed by atoms with E-state index < -0.39 is 0 Å². The van der Waals surface area contributed by atoms with E-state index in [-0.39, 0.29) is 30.2 Å². The molecule has 27 heavy (non-hydrogen) atoms. The van der Waals surface area contributed by atoms with Gasteiger partial charge < -0.3 is 10.2 Å². The quantitative estimate of drug-likeness (QED) is 0.856. The van der Waals surface area contributed by atoms with Crippen molar-refractivity contribution in [3.05, 3.63) is 59.9 Å². The van der Waals surface area contributed by atoms with Crippen molar-refractivity contribution in [2.24, 2.45) is 5.92 Å². The van der Waals surface area contributed by atoms with Gasteiger partial charge in [-0.1, -0.05) is 32.0 Å². The number of nitrogens with zero attached hydrogens (tertiary/aromatic N) is 2. The van der Waals surface area contributed by atoms with Crippen LogP contribution >= 0.6 is 0 Å². The predicted octanol–water partition coefficient (Wildman–Crippen LogP) is 4.25. The number of halogens is 1. The fraction of sp³-hybridized carbons (Fsp3) is 0.333. The van der Waals surface area contributed by atoms with E-state index in [1.807, 2.05) is 26.0 Å². The molecule has 0 bridgehead atoms. The average molecular weight is 369 g/mol. The third-order valence-corrected chi connectivity index (χ3v) is 4.60. The van der Waals surface area contributed by atoms with Gasteiger partial charge in [0.05, 0.1) is 6.54 Å². The van der Waals surface area contributed by atoms with Gasteiger partial charge in [-0.2, -0.15) is 0 Å². The van der Waals surface area contributed by atoms with E-state index in [0.29, 0.717) is 24.3 Å². The molecule has 5 nitrogen and oxygen atoms in total. The molecule has 6 heteroatoms. The molecule has 1 N–H and O–H groups in total. The lowest BCUT2D eigenvalue weighted by Gasteiger charge is -2.35. The number of urea groups is 1. The first kappa shape index (κ1) is 18.9. The molecule has 0 aromatic heterocycles. The third-order valence-electron chi connectivity index (χ3n) is 4.60. The summed E-state index contributed by atoms with van der Waals surface area (Å²) >= 11 is 0. The summed E-state index contributed by atoms with van der Waals surface area (Å²) in [5.41, 5.74) is 1.98. The minimum Gasteiger partial charge on any atom is -0.326 e. The van der Waals surface area contributed by atoms with Gasteiger partial charge in [0.1, 0.15) is 5.82 Å². The van der Waals surface area contributed by atoms with Crippen molar-refractivity contribution < 1.29 is 14.0 Å². The Hall–Kier alpha value is -2.89. The molecule has 1 fully saturated rings. The first-order valence-electron chi connectivity index (χ1n) is 9.16. The number of carbonyl (C=O) groups is 2. The number of carbonyl (C=O) groups excluding carboxylic acids is 2. The van der Waals surface area contributed by atoms with E-state index in [2.05, 4.69) is 5.32 Å². The summed E-state index contributed by atoms with van der Waals surface area (Å²) in [5, 5.41) is 2.84. The summed E-state index contributed by atoms with van der Waals surface area (Å²) in [6, 6.07) is 13.6. The molecule has 0 radical (unpaired) electrons. The van der Waals surface area contributed by atoms with E-state index in [1.165, 1.54) is 6.07 Å². The average Bonchev–Trinajstić information content (AvgIpc) is 2.66. The van der Waals surface area contributed by atoms with Gasteiger partial charge in [-0.15, -0.1) is 0 Å². The smallest absolute Gasteiger partial charge is 0.324 e. The van der Waals surface area contributed by atoms with Crippen LogP contribution in [0.5, 0.6) is 0 Å². The number of nitrogens with one attached hydrogen (secondary N) is 1. The van der Waals surface area contributed by atoms with Gasteiger partial charge in [0.2, 0.25) is 5.91 Å². The van der Waals surface area contributed by atoms with Crippen LogP contribution in [0.2, 0.25) is 0 Å². The molecule has 1 heterocycles. The summed E-state index contributed by atoms with van der Waals surface area (Å²) in [5.74, 6) is -0.444. The van der Waals surface area contributed by atoms with Crippen LogP contribution in [-0.2, 0) is 11.3 Å². The van der Waals surface area contributed by atoms with Gasteiger partial charge in [0.15, 0.2) is 0 Å². The maximum atomic E-state index is 13.9. The van der Waals surface area contributed by atoms with Gasteiger partial charge in [-0.25, -0.2) is 9.18 Å². The van der Waals surface area contributed by atoms with Gasteiger partial charge in [-0.05, 0) is 36.8 Å². The number of rotatable bonds is 5. The topological polar surface area (TPSA) is 52.7 Å². The number of anilines is 2. The molecule has 1 saturated heterocycles. The molecule has 0 atom stereocenters. The van der Waals surface area contributed by atoms with Crippen molar-refractivity contribution in [2.75, 3.05) is 23.3 Å². The Kier molecular flexibility index (Phi) is 5.74. The molecule has 142 valence electrons. The van der Waals surface area contributed by atoms with Crippen molar-refractivity contribution in [3.8, 4) is 0 Å². The van der Waals surface area contributed by atoms with Crippen molar-refractivity contribution in [1.82, 2.24) is 4.90 Å². The summed E-state index contributed by atoms with van der Waals surface area (Å²) in [6.07, 6.45) is 0.812. The highest BCUT2D eigenvalue weighted by atomic mass is 19.1. The Labute approximate surface area is 158 Å². The summed E-state index contributed by atoms with van der Waals surface area (Å²) in [4.78, 5) is 28.0. The molecule has 0 spiro atoms. The Morgan fingerprint density at radius 3 is 2.48 bits per heavy atom. The SMILES string of the molecule is CC(C)C(=O)Nc1ccc(N2CCCN(Cc3ccccc3F)C2=O)cc1. The molecule has 1 aliphatic rings. The van der Waals surface area contributed by atoms with Crippen LogP contribution in [0, 0.1) is 11.7 Å². The van der Waals surface area contributed by atoms with Gasteiger partial charge >= 0.3 is 6.03 Å². The van der Waals surface area contributed by atoms with Crippen molar-refractivity contribution >= 4 is 23.3 Å². The lowest BCUT2D eigenvalue weighted by atomic mass is 10.1. The predicted molar refractivity (Wildman–Crippen MR) is 104 cm³/mol. The largest absolute Gasteiger partial charge is 0.326 e. The zero-order chi connectivity index (χ0) is 19.4. The number of hydrogen-bond donors (Lipinski definition) is 1. The lowest BCUT2D eigenvalue weighted by Crippen LogP contribution is -2.49. The zero-order valence-electron chi connectivity index (χ0n) is 15.6. The van der Waals surface area contributed by atoms with E-state index >= 15 is 0 Å². The Morgan fingerprint density at radius 2 is 1.81 bits per heavy atom. The van der Waals surface area contributed by atoms with Crippen LogP contribution in [0.4, 0.5) is 20.6 Å². The van der Waals surface area contributed by atoms with Crippen LogP contribution in [0.1, 0.15) is 25.8 Å². The van der Waals surface area contributed by atoms with Crippen molar-refractivity contribution in [2.45, 2.75) is 26.8 Å². The molecule has 3 amide bonds. The van der Waals surface area contributed by atoms with Crippen LogP contribution in [0.25, 0.3) is 0 Å². The zero-order valence-corrected chi connectivity index (χ0v) is 15.6. The van der Waals surface area contributed by atoms with Crippen LogP contribution in [0.15, 0.2) is 48.5 Å². The standard InChI is InChI=1S/C21H24FN3O2/c1-15(2)20(26)23-17-8-10-18(11-9-17)25-13-5-12-24(21(25)27)14-16-6-3-4-7-19(16)22/h3-4,6-11,15H,5,12-14H2,1-2H3,(H,23,26). The molecular weight excluding hydrogens is 345 g/mol. The Bertz CT molecular complexity index is 820. The number of benzene rings is 2. The van der Waals surface area contributed by atoms with Crippen molar-refractivity contribution in [1.29, 1.82) is 0 Å². The van der Waals surface area contributed by atoms with Gasteiger partial charge in [-0.3, -0.25) is 9.69 Å². The number of hydrogen-bond acceptors (Lipinski definition) is 2. The lowest BCUT2D eigenvalue weighted by molar-refractivity contribution is -0.118. The minimum atomic E-state index is -0.298. The molecule has 0 saturated carbocycles. The maximum Gasteiger partial charge on any atom is 0.324 e. The normalized spacial score (nSPS) is 14.6. The summed E-state index contributed by atoms with van der Waals surface area (Å²) in [6.45, 7) is 5.14. The Morgan fingerprint density at radius 1 is 1.11 bits per heavy atom. The summed E-state index contributed by atoms with van der Waals surface area (Å²) in [7, 11) is 0. The fourth-order valence-corrected chi connectivity index (χ4v) is 3.01. The van der Waals surface area contributed by atoms with Crippen LogP contribution < -0.4 is 10.2 Å². The summed E-state index contributed by atoms with van der Waals surface area (Å²) < 4.78 is 13.9. The van der Waals surface area contributed by atoms with Crippen molar-refractivity contribution in [3.63, 3.8) is 0 Å². The molecule has 0 aliphatic carbocycles. The second-order valence-electron chi connectivity index (χ2n) is 6.99. The molecule has 2 aromatic rings. The van der Waals surface area contributed by atoms with E-state index in [9.17, 15) is 14.0 Å². The third kappa shape index (κ3) is 4.45. The molecular formula is C21H24FN3O2. The van der Waals surface area contributed by atoms with Gasteiger partial charge in [0, 0.05) is 35.9 Å². The fourth-order valence-electron chi connectivity index (χ4n) is 3.01. The molecule has 2 aromatic carbocycles. The monoisotopic (exact) mass is 369 g/mol. The van der Waals surface area contributed by atoms with Crippen LogP contribution in [-0.4, -0.2) is 29.9 Å². The van der Waals surface area contributed by atoms with E-state index in [4.69, 9.17) is 0 Å². The highest BCUT2D eigenvalue weighted by molar-refractivity contribution is 5.94. The first-order chi connectivity index (χ1) is 13.0. The molecule has 3 rings (SSSR count). The second-order valence-corrected chi connectivity index (χ2v) is 6.99. The highest BCUT2D eigenvalue weighted by Gasteiger charge is 2.27. The first-order valence-corrected chi connectivity index (χ1v) is 9.16. The van der Waals surface area contributed by atoms with E-state index in [0.717, 1.165) is 12.1 Å². The van der Waals surface area contributed by atoms with E-state index in [1.54, 1.807) is 40.1 Å². The Balaban J connectivity index is 1.70. The highest BCUT2D eigenvalue weighted by Crippen LogP contribution is 2.24. The molecule has 1 aliphatic heterocycles. The molecule has 0 unspecified atom stereocenters. The number of amides is 3. The maximum absolute atomic E-state index is 13.9.